The minimum atomic E-state index is -0.860. The molecule has 0 bridgehead atoms. The van der Waals surface area contributed by atoms with Crippen molar-refractivity contribution in [2.45, 2.75) is 59.6 Å². The monoisotopic (exact) mass is 377 g/mol. The Hall–Kier alpha value is -2.59. The van der Waals surface area contributed by atoms with Gasteiger partial charge in [0.15, 0.2) is 6.23 Å². The molecule has 1 unspecified atom stereocenters. The summed E-state index contributed by atoms with van der Waals surface area (Å²) in [7, 11) is 0. The zero-order valence-corrected chi connectivity index (χ0v) is 17.7. The van der Waals surface area contributed by atoms with Crippen LogP contribution >= 0.6 is 0 Å². The maximum atomic E-state index is 10.6. The van der Waals surface area contributed by atoms with Crippen LogP contribution < -0.4 is 5.32 Å². The molecule has 2 N–H and O–H groups in total. The Morgan fingerprint density at radius 2 is 1.50 bits per heavy atom. The molecule has 0 saturated carbocycles. The molecule has 3 aromatic rings. The van der Waals surface area contributed by atoms with E-state index in [4.69, 9.17) is 0 Å². The van der Waals surface area contributed by atoms with Crippen LogP contribution in [0.4, 0.5) is 5.69 Å². The summed E-state index contributed by atoms with van der Waals surface area (Å²) in [5.41, 5.74) is 7.69. The van der Waals surface area contributed by atoms with Crippen molar-refractivity contribution in [2.75, 3.05) is 5.32 Å². The number of hydrogen-bond donors (Lipinski definition) is 2. The highest BCUT2D eigenvalue weighted by atomic mass is 16.3. The topological polar surface area (TPSA) is 50.1 Å². The molecule has 4 nitrogen and oxygen atoms in total. The third-order valence-corrected chi connectivity index (χ3v) is 5.25. The summed E-state index contributed by atoms with van der Waals surface area (Å²) < 4.78 is 1.95. The molecule has 0 aliphatic carbocycles. The molecule has 0 aliphatic heterocycles. The second-order valence-corrected chi connectivity index (χ2v) is 8.17. The molecule has 4 heteroatoms. The van der Waals surface area contributed by atoms with E-state index in [1.54, 1.807) is 6.33 Å². The second kappa shape index (κ2) is 8.19. The summed E-state index contributed by atoms with van der Waals surface area (Å²) in [4.78, 5) is 4.39. The summed E-state index contributed by atoms with van der Waals surface area (Å²) in [6, 6.07) is 12.6. The van der Waals surface area contributed by atoms with Gasteiger partial charge in [-0.25, -0.2) is 4.98 Å². The Morgan fingerprint density at radius 3 is 2.07 bits per heavy atom. The number of aliphatic hydroxyl groups excluding tert-OH is 1. The molecule has 3 rings (SSSR count). The lowest BCUT2D eigenvalue weighted by molar-refractivity contribution is 0.204. The summed E-state index contributed by atoms with van der Waals surface area (Å²) >= 11 is 0. The van der Waals surface area contributed by atoms with Gasteiger partial charge in [0.05, 0.1) is 6.33 Å². The maximum Gasteiger partial charge on any atom is 0.169 e. The smallest absolute Gasteiger partial charge is 0.169 e. The van der Waals surface area contributed by atoms with Crippen LogP contribution in [0.1, 0.15) is 73.7 Å². The van der Waals surface area contributed by atoms with Crippen molar-refractivity contribution in [3.05, 3.63) is 76.9 Å². The van der Waals surface area contributed by atoms with E-state index in [-0.39, 0.29) is 0 Å². The molecule has 1 atom stereocenters. The fraction of sp³-hybridized carbons (Fsp3) is 0.375. The zero-order valence-electron chi connectivity index (χ0n) is 17.7. The number of nitrogens with one attached hydrogen (secondary N) is 1. The highest BCUT2D eigenvalue weighted by Crippen LogP contribution is 2.25. The van der Waals surface area contributed by atoms with E-state index in [9.17, 15) is 5.11 Å². The molecule has 2 aromatic carbocycles. The van der Waals surface area contributed by atoms with E-state index in [1.165, 1.54) is 22.3 Å². The number of anilines is 1. The van der Waals surface area contributed by atoms with Gasteiger partial charge in [-0.05, 0) is 72.2 Å². The number of hydrogen-bond acceptors (Lipinski definition) is 3. The van der Waals surface area contributed by atoms with E-state index in [0.717, 1.165) is 11.4 Å². The third kappa shape index (κ3) is 4.28. The highest BCUT2D eigenvalue weighted by molar-refractivity contribution is 5.50. The number of aliphatic hydroxyl groups is 1. The Labute approximate surface area is 168 Å². The highest BCUT2D eigenvalue weighted by Gasteiger charge is 2.13. The first-order chi connectivity index (χ1) is 13.3. The molecular weight excluding hydrogens is 346 g/mol. The van der Waals surface area contributed by atoms with Gasteiger partial charge in [0.25, 0.3) is 0 Å². The van der Waals surface area contributed by atoms with Crippen molar-refractivity contribution in [1.82, 2.24) is 9.55 Å². The van der Waals surface area contributed by atoms with Crippen molar-refractivity contribution in [1.29, 1.82) is 0 Å². The van der Waals surface area contributed by atoms with Gasteiger partial charge >= 0.3 is 0 Å². The standard InChI is InChI=1S/C24H31N3O/c1-15(2)21-9-7-19(11-17(21)5)26-24(28)23-13-27(14-25-23)20-8-10-22(16(3)4)18(6)12-20/h7-16,24,26,28H,1-6H3. The summed E-state index contributed by atoms with van der Waals surface area (Å²) in [5.74, 6) is 0.990. The Morgan fingerprint density at radius 1 is 0.893 bits per heavy atom. The van der Waals surface area contributed by atoms with E-state index in [1.807, 2.05) is 16.8 Å². The predicted molar refractivity (Wildman–Crippen MR) is 116 cm³/mol. The van der Waals surface area contributed by atoms with E-state index < -0.39 is 6.23 Å². The number of benzene rings is 2. The van der Waals surface area contributed by atoms with Crippen LogP contribution in [0.25, 0.3) is 5.69 Å². The molecule has 0 saturated heterocycles. The lowest BCUT2D eigenvalue weighted by Gasteiger charge is -2.15. The zero-order chi connectivity index (χ0) is 20.4. The first kappa shape index (κ1) is 20.2. The maximum absolute atomic E-state index is 10.6. The number of rotatable bonds is 6. The fourth-order valence-corrected chi connectivity index (χ4v) is 3.73. The fourth-order valence-electron chi connectivity index (χ4n) is 3.73. The molecule has 1 heterocycles. The molecule has 0 fully saturated rings. The Bertz CT molecular complexity index is 956. The van der Waals surface area contributed by atoms with Crippen LogP contribution in [0.5, 0.6) is 0 Å². The quantitative estimate of drug-likeness (QED) is 0.531. The van der Waals surface area contributed by atoms with Gasteiger partial charge in [-0.3, -0.25) is 0 Å². The van der Waals surface area contributed by atoms with Gasteiger partial charge in [0.1, 0.15) is 5.69 Å². The summed E-state index contributed by atoms with van der Waals surface area (Å²) in [5, 5.41) is 13.7. The van der Waals surface area contributed by atoms with Crippen molar-refractivity contribution in [2.24, 2.45) is 0 Å². The van der Waals surface area contributed by atoms with Crippen molar-refractivity contribution in [3.8, 4) is 5.69 Å². The average molecular weight is 378 g/mol. The van der Waals surface area contributed by atoms with Gasteiger partial charge in [-0.1, -0.05) is 39.8 Å². The Kier molecular flexibility index (Phi) is 5.90. The average Bonchev–Trinajstić information content (AvgIpc) is 3.11. The number of imidazole rings is 1. The second-order valence-electron chi connectivity index (χ2n) is 8.17. The van der Waals surface area contributed by atoms with Crippen LogP contribution in [0.3, 0.4) is 0 Å². The number of aryl methyl sites for hydroxylation is 2. The minimum Gasteiger partial charge on any atom is -0.368 e. The number of aromatic nitrogens is 2. The molecule has 0 aliphatic rings. The number of nitrogens with zero attached hydrogens (tertiary/aromatic N) is 2. The summed E-state index contributed by atoms with van der Waals surface area (Å²) in [6.07, 6.45) is 2.76. The Balaban J connectivity index is 1.76. The molecule has 28 heavy (non-hydrogen) atoms. The minimum absolute atomic E-state index is 0.486. The van der Waals surface area contributed by atoms with Crippen molar-refractivity contribution >= 4 is 5.69 Å². The van der Waals surface area contributed by atoms with Gasteiger partial charge in [-0.2, -0.15) is 0 Å². The predicted octanol–water partition coefficient (Wildman–Crippen LogP) is 5.84. The van der Waals surface area contributed by atoms with Gasteiger partial charge in [0, 0.05) is 17.6 Å². The first-order valence-electron chi connectivity index (χ1n) is 9.96. The van der Waals surface area contributed by atoms with E-state index in [2.05, 4.69) is 82.2 Å². The van der Waals surface area contributed by atoms with Gasteiger partial charge < -0.3 is 15.0 Å². The normalized spacial score (nSPS) is 12.6. The lowest BCUT2D eigenvalue weighted by atomic mass is 9.97. The van der Waals surface area contributed by atoms with Crippen LogP contribution in [0, 0.1) is 13.8 Å². The van der Waals surface area contributed by atoms with E-state index >= 15 is 0 Å². The van der Waals surface area contributed by atoms with E-state index in [0.29, 0.717) is 17.5 Å². The molecule has 148 valence electrons. The van der Waals surface area contributed by atoms with Crippen LogP contribution in [0.2, 0.25) is 0 Å². The van der Waals surface area contributed by atoms with Crippen molar-refractivity contribution in [3.63, 3.8) is 0 Å². The lowest BCUT2D eigenvalue weighted by Crippen LogP contribution is -2.10. The molecule has 0 radical (unpaired) electrons. The van der Waals surface area contributed by atoms with Gasteiger partial charge in [-0.15, -0.1) is 0 Å². The van der Waals surface area contributed by atoms with Crippen LogP contribution in [0.15, 0.2) is 48.9 Å². The largest absolute Gasteiger partial charge is 0.368 e. The molecular formula is C24H31N3O. The van der Waals surface area contributed by atoms with Crippen LogP contribution in [-0.2, 0) is 0 Å². The first-order valence-corrected chi connectivity index (χ1v) is 9.96. The third-order valence-electron chi connectivity index (χ3n) is 5.25. The SMILES string of the molecule is Cc1cc(NC(O)c2cn(-c3ccc(C(C)C)c(C)c3)cn2)ccc1C(C)C. The molecule has 0 spiro atoms. The van der Waals surface area contributed by atoms with Gasteiger partial charge in [0.2, 0.25) is 0 Å². The molecule has 1 aromatic heterocycles. The molecule has 0 amide bonds. The summed E-state index contributed by atoms with van der Waals surface area (Å²) in [6.45, 7) is 13.0. The van der Waals surface area contributed by atoms with Crippen molar-refractivity contribution < 1.29 is 5.11 Å². The van der Waals surface area contributed by atoms with Crippen LogP contribution in [-0.4, -0.2) is 14.7 Å².